The van der Waals surface area contributed by atoms with Gasteiger partial charge in [-0.25, -0.2) is 0 Å². The molecule has 0 aliphatic rings. The molecule has 2 rings (SSSR count). The van der Waals surface area contributed by atoms with Crippen molar-refractivity contribution in [3.63, 3.8) is 0 Å². The van der Waals surface area contributed by atoms with Gasteiger partial charge in [-0.15, -0.1) is 0 Å². The van der Waals surface area contributed by atoms with Crippen molar-refractivity contribution in [3.8, 4) is 11.5 Å². The van der Waals surface area contributed by atoms with Gasteiger partial charge < -0.3 is 7.58 Å². The third-order valence-corrected chi connectivity index (χ3v) is 15.8. The molecule has 0 aliphatic heterocycles. The van der Waals surface area contributed by atoms with E-state index >= 15 is 0 Å². The molecule has 0 saturated carbocycles. The third kappa shape index (κ3) is 7.22. The molecule has 2 nitrogen and oxygen atoms in total. The van der Waals surface area contributed by atoms with Gasteiger partial charge in [-0.3, -0.25) is 0 Å². The van der Waals surface area contributed by atoms with Crippen molar-refractivity contribution in [1.29, 1.82) is 0 Å². The van der Waals surface area contributed by atoms with Crippen molar-refractivity contribution in [1.82, 2.24) is 0 Å². The van der Waals surface area contributed by atoms with Crippen LogP contribution in [0.1, 0.15) is 6.92 Å². The van der Waals surface area contributed by atoms with Crippen LogP contribution in [0.15, 0.2) is 36.4 Å². The smallest absolute Gasteiger partial charge is 0.612 e. The summed E-state index contributed by atoms with van der Waals surface area (Å²) in [6.07, 6.45) is 0. The van der Waals surface area contributed by atoms with E-state index in [9.17, 15) is 0 Å². The Bertz CT molecular complexity index is 822. The molecule has 0 amide bonds. The first kappa shape index (κ1) is 28.7. The Hall–Kier alpha value is -0.560. The molecule has 0 saturated heterocycles. The molecule has 0 unspecified atom stereocenters. The van der Waals surface area contributed by atoms with Crippen molar-refractivity contribution in [2.45, 2.75) is 90.8 Å². The van der Waals surface area contributed by atoms with Gasteiger partial charge in [0.15, 0.2) is 0 Å². The van der Waals surface area contributed by atoms with Crippen molar-refractivity contribution in [2.75, 3.05) is 0 Å². The Morgan fingerprint density at radius 1 is 0.515 bits per heavy atom. The molecule has 0 aromatic heterocycles. The number of hydrogen-bond donors (Lipinski definition) is 0. The molecule has 0 fully saturated rings. The summed E-state index contributed by atoms with van der Waals surface area (Å²) in [5.74, 6) is 2.35. The fourth-order valence-corrected chi connectivity index (χ4v) is 12.2. The second-order valence-electron chi connectivity index (χ2n) is 13.4. The molecule has 0 heterocycles. The summed E-state index contributed by atoms with van der Waals surface area (Å²) in [6.45, 7) is 31.4. The number of rotatable bonds is 9. The summed E-state index contributed by atoms with van der Waals surface area (Å²) in [4.78, 5) is 0. The molecule has 2 aromatic carbocycles. The lowest BCUT2D eigenvalue weighted by Gasteiger charge is -2.32. The summed E-state index contributed by atoms with van der Waals surface area (Å²) in [7, 11) is -6.25. The minimum Gasteiger partial charge on any atom is -0.612 e. The summed E-state index contributed by atoms with van der Waals surface area (Å²) < 4.78 is 14.1. The summed E-state index contributed by atoms with van der Waals surface area (Å²) in [5, 5.41) is 6.74. The molecule has 0 bridgehead atoms. The van der Waals surface area contributed by atoms with Gasteiger partial charge in [0.05, 0.1) is 43.8 Å². The Balaban J connectivity index is 2.63. The summed E-state index contributed by atoms with van der Waals surface area (Å²) in [6, 6.07) is 13.8. The first-order valence-corrected chi connectivity index (χ1v) is 28.2. The van der Waals surface area contributed by atoms with Crippen LogP contribution < -0.4 is 28.3 Å². The Labute approximate surface area is 213 Å². The molecule has 0 radical (unpaired) electrons. The highest BCUT2D eigenvalue weighted by atomic mass is 28.3. The zero-order valence-corrected chi connectivity index (χ0v) is 28.7. The minimum atomic E-state index is -1.98. The average Bonchev–Trinajstić information content (AvgIpc) is 2.64. The minimum absolute atomic E-state index is 0.955. The quantitative estimate of drug-likeness (QED) is 0.380. The van der Waals surface area contributed by atoms with E-state index in [1.807, 2.05) is 0 Å². The lowest BCUT2D eigenvalue weighted by Crippen LogP contribution is -2.51. The lowest BCUT2D eigenvalue weighted by atomic mass is 10.3. The highest BCUT2D eigenvalue weighted by Gasteiger charge is 2.38. The van der Waals surface area contributed by atoms with Crippen molar-refractivity contribution in [2.24, 2.45) is 0 Å². The summed E-state index contributed by atoms with van der Waals surface area (Å²) >= 11 is -1.98. The van der Waals surface area contributed by atoms with Crippen LogP contribution in [0, 0.1) is 0 Å². The maximum atomic E-state index is 7.04. The van der Waals surface area contributed by atoms with Gasteiger partial charge in [-0.1, -0.05) is 122 Å². The molecule has 33 heavy (non-hydrogen) atoms. The molecule has 0 aliphatic carbocycles. The maximum Gasteiger partial charge on any atom is 0.856 e. The van der Waals surface area contributed by atoms with Gasteiger partial charge in [-0.05, 0) is 26.0 Å². The van der Waals surface area contributed by atoms with Crippen LogP contribution in [0.3, 0.4) is 0 Å². The van der Waals surface area contributed by atoms with Crippen LogP contribution in [0.5, 0.6) is 11.5 Å². The molecular formula is C26H47AlO2Si4. The maximum absolute atomic E-state index is 7.04. The van der Waals surface area contributed by atoms with Gasteiger partial charge in [0.1, 0.15) is 0 Å². The predicted molar refractivity (Wildman–Crippen MR) is 162 cm³/mol. The van der Waals surface area contributed by atoms with E-state index in [2.05, 4.69) is 122 Å². The standard InChI is InChI=1S/2C12H22OSi2.C2H5.Al/c2*1-14(2,3)10-8-7-9-11(12(10)13)15(4,5)6;1-2;/h2*7-9,13H,1-6H3;1H2,2H3;/q;;;+2/p-2. The van der Waals surface area contributed by atoms with Gasteiger partial charge in [-0.2, -0.15) is 0 Å². The topological polar surface area (TPSA) is 18.5 Å². The van der Waals surface area contributed by atoms with E-state index in [-0.39, 0.29) is 0 Å². The number of hydrogen-bond acceptors (Lipinski definition) is 2. The van der Waals surface area contributed by atoms with E-state index in [0.717, 1.165) is 5.28 Å². The first-order chi connectivity index (χ1) is 14.9. The summed E-state index contributed by atoms with van der Waals surface area (Å²) in [5.41, 5.74) is 0. The molecule has 0 N–H and O–H groups in total. The van der Waals surface area contributed by atoms with E-state index in [0.29, 0.717) is 0 Å². The monoisotopic (exact) mass is 530 g/mol. The molecular weight excluding hydrogens is 484 g/mol. The van der Waals surface area contributed by atoms with Crippen LogP contribution in [-0.2, 0) is 0 Å². The molecule has 182 valence electrons. The van der Waals surface area contributed by atoms with Crippen LogP contribution in [0.4, 0.5) is 0 Å². The number of para-hydroxylation sites is 2. The van der Waals surface area contributed by atoms with E-state index in [1.165, 1.54) is 32.2 Å². The fraction of sp³-hybridized carbons (Fsp3) is 0.538. The van der Waals surface area contributed by atoms with Crippen molar-refractivity contribution in [3.05, 3.63) is 36.4 Å². The highest BCUT2D eigenvalue weighted by Crippen LogP contribution is 2.22. The van der Waals surface area contributed by atoms with E-state index in [4.69, 9.17) is 7.58 Å². The van der Waals surface area contributed by atoms with Gasteiger partial charge in [0.2, 0.25) is 0 Å². The van der Waals surface area contributed by atoms with Gasteiger partial charge >= 0.3 is 14.8 Å². The Morgan fingerprint density at radius 3 is 0.939 bits per heavy atom. The van der Waals surface area contributed by atoms with E-state index in [1.54, 1.807) is 0 Å². The van der Waals surface area contributed by atoms with Crippen LogP contribution >= 0.6 is 0 Å². The lowest BCUT2D eigenvalue weighted by molar-refractivity contribution is 0.429. The zero-order valence-electron chi connectivity index (χ0n) is 23.6. The van der Waals surface area contributed by atoms with Crippen LogP contribution in [-0.4, -0.2) is 47.1 Å². The van der Waals surface area contributed by atoms with Crippen molar-refractivity contribution < 1.29 is 7.58 Å². The SMILES string of the molecule is C[CH2][Al]([O]c1c([Si](C)(C)C)cccc1[Si](C)(C)C)[O]c1c([Si](C)(C)C)cccc1[Si](C)(C)C. The van der Waals surface area contributed by atoms with Crippen molar-refractivity contribution >= 4 is 67.9 Å². The van der Waals surface area contributed by atoms with Crippen LogP contribution in [0.2, 0.25) is 83.8 Å². The second-order valence-corrected chi connectivity index (χ2v) is 35.7. The molecule has 7 heteroatoms. The molecule has 0 atom stereocenters. The average molecular weight is 531 g/mol. The highest BCUT2D eigenvalue weighted by molar-refractivity contribution is 6.94. The normalized spacial score (nSPS) is 13.1. The predicted octanol–water partition coefficient (Wildman–Crippen LogP) is 5.83. The Morgan fingerprint density at radius 2 is 0.758 bits per heavy atom. The van der Waals surface area contributed by atoms with Crippen LogP contribution in [0.25, 0.3) is 0 Å². The first-order valence-electron chi connectivity index (χ1n) is 12.5. The molecule has 0 spiro atoms. The van der Waals surface area contributed by atoms with E-state index < -0.39 is 47.1 Å². The Kier molecular flexibility index (Phi) is 8.86. The number of benzene rings is 2. The largest absolute Gasteiger partial charge is 0.856 e. The second kappa shape index (κ2) is 10.2. The van der Waals surface area contributed by atoms with Gasteiger partial charge in [0.25, 0.3) is 0 Å². The van der Waals surface area contributed by atoms with Gasteiger partial charge in [0, 0.05) is 0 Å². The molecule has 2 aromatic rings. The fourth-order valence-electron chi connectivity index (χ4n) is 4.14. The zero-order chi connectivity index (χ0) is 25.4. The third-order valence-electron chi connectivity index (χ3n) is 6.09.